The lowest BCUT2D eigenvalue weighted by Crippen LogP contribution is -1.97. The van der Waals surface area contributed by atoms with Crippen LogP contribution in [0.5, 0.6) is 5.75 Å². The van der Waals surface area contributed by atoms with Gasteiger partial charge in [0, 0.05) is 10.5 Å². The average molecular weight is 268 g/mol. The highest BCUT2D eigenvalue weighted by Crippen LogP contribution is 2.35. The smallest absolute Gasteiger partial charge is 0.127 e. The van der Waals surface area contributed by atoms with Crippen molar-refractivity contribution in [3.8, 4) is 5.75 Å². The van der Waals surface area contributed by atoms with Crippen LogP contribution in [0, 0.1) is 12.8 Å². The van der Waals surface area contributed by atoms with Crippen molar-refractivity contribution in [3.63, 3.8) is 0 Å². The van der Waals surface area contributed by atoms with Gasteiger partial charge in [0.2, 0.25) is 0 Å². The first-order valence-corrected chi connectivity index (χ1v) is 6.72. The largest absolute Gasteiger partial charge is 0.493 e. The van der Waals surface area contributed by atoms with E-state index in [4.69, 9.17) is 4.74 Å². The summed E-state index contributed by atoms with van der Waals surface area (Å²) in [5.41, 5.74) is 2.22. The van der Waals surface area contributed by atoms with Gasteiger partial charge in [0.25, 0.3) is 0 Å². The molecule has 0 radical (unpaired) electrons. The van der Waals surface area contributed by atoms with Crippen molar-refractivity contribution in [1.82, 2.24) is 0 Å². The second kappa shape index (κ2) is 6.41. The Hall–Kier alpha value is -0.540. The molecule has 0 N–H and O–H groups in total. The molecule has 3 heteroatoms. The van der Waals surface area contributed by atoms with Crippen molar-refractivity contribution in [3.05, 3.63) is 34.2 Å². The molecule has 0 saturated heterocycles. The Morgan fingerprint density at radius 3 is 2.47 bits per heavy atom. The number of thiol groups is 2. The normalized spacial score (nSPS) is 12.6. The fourth-order valence-electron chi connectivity index (χ4n) is 1.52. The molecule has 0 unspecified atom stereocenters. The molecular weight excluding hydrogens is 248 g/mol. The van der Waals surface area contributed by atoms with E-state index in [1.54, 1.807) is 0 Å². The van der Waals surface area contributed by atoms with Crippen LogP contribution in [0.4, 0.5) is 0 Å². The zero-order valence-electron chi connectivity index (χ0n) is 10.8. The standard InChI is InChI=1S/C14H20OS2/c1-5-15-12-7-6-10(4)8-11(12)14(17)13(16)9(2)3/h6-9,16-17H,5H2,1-4H3/b14-13-. The summed E-state index contributed by atoms with van der Waals surface area (Å²) in [6.45, 7) is 8.91. The summed E-state index contributed by atoms with van der Waals surface area (Å²) in [5.74, 6) is 1.23. The molecule has 0 aromatic heterocycles. The van der Waals surface area contributed by atoms with Gasteiger partial charge >= 0.3 is 0 Å². The van der Waals surface area contributed by atoms with Crippen LogP contribution >= 0.6 is 25.3 Å². The monoisotopic (exact) mass is 268 g/mol. The Morgan fingerprint density at radius 2 is 1.94 bits per heavy atom. The van der Waals surface area contributed by atoms with Gasteiger partial charge in [-0.15, -0.1) is 25.3 Å². The van der Waals surface area contributed by atoms with Crippen LogP contribution in [0.2, 0.25) is 0 Å². The van der Waals surface area contributed by atoms with Gasteiger partial charge in [-0.05, 0) is 36.8 Å². The van der Waals surface area contributed by atoms with Gasteiger partial charge in [0.15, 0.2) is 0 Å². The minimum absolute atomic E-state index is 0.362. The van der Waals surface area contributed by atoms with Crippen molar-refractivity contribution in [2.75, 3.05) is 6.61 Å². The van der Waals surface area contributed by atoms with Crippen molar-refractivity contribution >= 4 is 30.2 Å². The average Bonchev–Trinajstić information content (AvgIpc) is 2.29. The highest BCUT2D eigenvalue weighted by atomic mass is 32.1. The van der Waals surface area contributed by atoms with Crippen LogP contribution < -0.4 is 4.74 Å². The predicted octanol–water partition coefficient (Wildman–Crippen LogP) is 4.58. The number of aryl methyl sites for hydroxylation is 1. The predicted molar refractivity (Wildman–Crippen MR) is 82.1 cm³/mol. The molecule has 0 atom stereocenters. The topological polar surface area (TPSA) is 9.23 Å². The minimum Gasteiger partial charge on any atom is -0.493 e. The summed E-state index contributed by atoms with van der Waals surface area (Å²) in [6, 6.07) is 6.13. The molecule has 0 aliphatic rings. The Morgan fingerprint density at radius 1 is 1.29 bits per heavy atom. The van der Waals surface area contributed by atoms with Gasteiger partial charge in [0.1, 0.15) is 5.75 Å². The summed E-state index contributed by atoms with van der Waals surface area (Å²) in [4.78, 5) is 1.88. The summed E-state index contributed by atoms with van der Waals surface area (Å²) < 4.78 is 5.63. The highest BCUT2D eigenvalue weighted by molar-refractivity contribution is 7.93. The fourth-order valence-corrected chi connectivity index (χ4v) is 2.08. The van der Waals surface area contributed by atoms with Crippen LogP contribution in [0.3, 0.4) is 0 Å². The molecule has 0 saturated carbocycles. The van der Waals surface area contributed by atoms with Gasteiger partial charge in [-0.1, -0.05) is 25.5 Å². The molecule has 0 amide bonds. The van der Waals surface area contributed by atoms with E-state index in [1.807, 2.05) is 19.1 Å². The van der Waals surface area contributed by atoms with Crippen molar-refractivity contribution in [2.24, 2.45) is 5.92 Å². The molecular formula is C14H20OS2. The molecule has 1 nitrogen and oxygen atoms in total. The summed E-state index contributed by atoms with van der Waals surface area (Å²) in [6.07, 6.45) is 0. The van der Waals surface area contributed by atoms with Crippen LogP contribution in [0.1, 0.15) is 31.9 Å². The van der Waals surface area contributed by atoms with Gasteiger partial charge < -0.3 is 4.74 Å². The molecule has 1 aromatic rings. The molecule has 0 fully saturated rings. The summed E-state index contributed by atoms with van der Waals surface area (Å²) >= 11 is 9.12. The molecule has 1 rings (SSSR count). The zero-order valence-corrected chi connectivity index (χ0v) is 12.6. The van der Waals surface area contributed by atoms with Crippen LogP contribution in [-0.2, 0) is 0 Å². The first-order valence-electron chi connectivity index (χ1n) is 5.83. The SMILES string of the molecule is CCOc1ccc(C)cc1/C(S)=C(/S)C(C)C. The number of ether oxygens (including phenoxy) is 1. The lowest BCUT2D eigenvalue weighted by Gasteiger charge is -2.14. The van der Waals surface area contributed by atoms with Crippen molar-refractivity contribution in [1.29, 1.82) is 0 Å². The van der Waals surface area contributed by atoms with E-state index in [-0.39, 0.29) is 0 Å². The first kappa shape index (κ1) is 14.5. The van der Waals surface area contributed by atoms with Crippen LogP contribution in [-0.4, -0.2) is 6.61 Å². The van der Waals surface area contributed by atoms with E-state index >= 15 is 0 Å². The molecule has 0 bridgehead atoms. The third-order valence-corrected chi connectivity index (χ3v) is 3.88. The van der Waals surface area contributed by atoms with E-state index in [0.29, 0.717) is 12.5 Å². The Balaban J connectivity index is 3.28. The molecule has 0 aliphatic heterocycles. The molecule has 1 aromatic carbocycles. The van der Waals surface area contributed by atoms with Gasteiger partial charge in [-0.3, -0.25) is 0 Å². The van der Waals surface area contributed by atoms with Gasteiger partial charge in [-0.2, -0.15) is 0 Å². The first-order chi connectivity index (χ1) is 7.97. The quantitative estimate of drug-likeness (QED) is 0.760. The number of benzene rings is 1. The molecule has 0 aliphatic carbocycles. The number of rotatable bonds is 4. The van der Waals surface area contributed by atoms with E-state index in [2.05, 4.69) is 52.1 Å². The minimum atomic E-state index is 0.362. The van der Waals surface area contributed by atoms with Crippen LogP contribution in [0.25, 0.3) is 4.91 Å². The zero-order chi connectivity index (χ0) is 13.0. The number of allylic oxidation sites excluding steroid dienone is 1. The Labute approximate surface area is 115 Å². The maximum atomic E-state index is 5.63. The van der Waals surface area contributed by atoms with E-state index < -0.39 is 0 Å². The lowest BCUT2D eigenvalue weighted by molar-refractivity contribution is 0.339. The Bertz CT molecular complexity index is 422. The summed E-state index contributed by atoms with van der Waals surface area (Å²) in [5, 5.41) is 0. The van der Waals surface area contributed by atoms with E-state index in [1.165, 1.54) is 5.56 Å². The maximum absolute atomic E-state index is 5.63. The fraction of sp³-hybridized carbons (Fsp3) is 0.429. The van der Waals surface area contributed by atoms with Gasteiger partial charge in [0.05, 0.1) is 6.61 Å². The van der Waals surface area contributed by atoms with Crippen molar-refractivity contribution in [2.45, 2.75) is 27.7 Å². The third kappa shape index (κ3) is 3.71. The van der Waals surface area contributed by atoms with Gasteiger partial charge in [-0.25, -0.2) is 0 Å². The van der Waals surface area contributed by atoms with Crippen LogP contribution in [0.15, 0.2) is 23.1 Å². The third-order valence-electron chi connectivity index (χ3n) is 2.48. The molecule has 94 valence electrons. The highest BCUT2D eigenvalue weighted by Gasteiger charge is 2.11. The molecule has 0 spiro atoms. The molecule has 17 heavy (non-hydrogen) atoms. The summed E-state index contributed by atoms with van der Waals surface area (Å²) in [7, 11) is 0. The van der Waals surface area contributed by atoms with E-state index in [9.17, 15) is 0 Å². The lowest BCUT2D eigenvalue weighted by atomic mass is 10.1. The number of hydrogen-bond acceptors (Lipinski definition) is 3. The Kier molecular flexibility index (Phi) is 5.47. The van der Waals surface area contributed by atoms with E-state index in [0.717, 1.165) is 21.1 Å². The molecule has 0 heterocycles. The second-order valence-electron chi connectivity index (χ2n) is 4.32. The maximum Gasteiger partial charge on any atom is 0.127 e. The van der Waals surface area contributed by atoms with Crippen molar-refractivity contribution < 1.29 is 4.74 Å². The number of hydrogen-bond donors (Lipinski definition) is 2. The second-order valence-corrected chi connectivity index (χ2v) is 5.25.